The zero-order valence-corrected chi connectivity index (χ0v) is 14.1. The Labute approximate surface area is 148 Å². The molecule has 2 nitrogen and oxygen atoms in total. The van der Waals surface area contributed by atoms with E-state index in [-0.39, 0.29) is 5.91 Å². The van der Waals surface area contributed by atoms with E-state index in [2.05, 4.69) is 6.08 Å². The molecule has 4 rings (SSSR count). The Bertz CT molecular complexity index is 875. The predicted octanol–water partition coefficient (Wildman–Crippen LogP) is 4.49. The van der Waals surface area contributed by atoms with Crippen molar-refractivity contribution in [1.82, 2.24) is 4.90 Å². The molecule has 0 fully saturated rings. The molecular formula is C23H19NO. The van der Waals surface area contributed by atoms with Crippen molar-refractivity contribution in [2.45, 2.75) is 5.41 Å². The van der Waals surface area contributed by atoms with E-state index in [0.29, 0.717) is 0 Å². The first-order chi connectivity index (χ1) is 12.2. The minimum absolute atomic E-state index is 0.0729. The lowest BCUT2D eigenvalue weighted by atomic mass is 9.74. The van der Waals surface area contributed by atoms with Crippen LogP contribution in [0.5, 0.6) is 0 Å². The van der Waals surface area contributed by atoms with Crippen LogP contribution in [0.2, 0.25) is 0 Å². The van der Waals surface area contributed by atoms with Gasteiger partial charge in [0.25, 0.3) is 0 Å². The monoisotopic (exact) mass is 325 g/mol. The smallest absolute Gasteiger partial charge is 0.245 e. The van der Waals surface area contributed by atoms with Crippen molar-refractivity contribution >= 4 is 11.6 Å². The van der Waals surface area contributed by atoms with E-state index in [1.807, 2.05) is 98.0 Å². The lowest BCUT2D eigenvalue weighted by molar-refractivity contribution is -0.128. The molecule has 0 unspecified atom stereocenters. The molecule has 0 radical (unpaired) electrons. The summed E-state index contributed by atoms with van der Waals surface area (Å²) in [5, 5.41) is 0. The van der Waals surface area contributed by atoms with Gasteiger partial charge in [-0.1, -0.05) is 91.0 Å². The van der Waals surface area contributed by atoms with Gasteiger partial charge in [0, 0.05) is 12.7 Å². The number of likely N-dealkylation sites (N-methyl/N-ethyl adjacent to an activating group) is 1. The van der Waals surface area contributed by atoms with Crippen molar-refractivity contribution in [2.24, 2.45) is 0 Å². The second kappa shape index (κ2) is 6.06. The number of amides is 1. The van der Waals surface area contributed by atoms with Gasteiger partial charge in [-0.3, -0.25) is 4.79 Å². The van der Waals surface area contributed by atoms with Crippen molar-refractivity contribution in [2.75, 3.05) is 7.05 Å². The summed E-state index contributed by atoms with van der Waals surface area (Å²) >= 11 is 0. The van der Waals surface area contributed by atoms with Gasteiger partial charge < -0.3 is 4.90 Å². The zero-order valence-electron chi connectivity index (χ0n) is 14.1. The molecule has 2 heteroatoms. The van der Waals surface area contributed by atoms with Crippen LogP contribution in [0.3, 0.4) is 0 Å². The summed E-state index contributed by atoms with van der Waals surface area (Å²) in [5.74, 6) is 0.0729. The molecule has 0 saturated heterocycles. The second-order valence-corrected chi connectivity index (χ2v) is 6.30. The van der Waals surface area contributed by atoms with Crippen molar-refractivity contribution in [3.63, 3.8) is 0 Å². The first kappa shape index (κ1) is 15.4. The first-order valence-corrected chi connectivity index (χ1v) is 8.41. The summed E-state index contributed by atoms with van der Waals surface area (Å²) in [5.41, 5.74) is 3.18. The lowest BCUT2D eigenvalue weighted by Crippen LogP contribution is -2.38. The SMILES string of the molecule is CN1C(=O)C(c2ccccc2)(c2ccccc2)C=C1c1ccccc1. The van der Waals surface area contributed by atoms with Crippen LogP contribution in [-0.4, -0.2) is 17.9 Å². The molecule has 1 heterocycles. The van der Waals surface area contributed by atoms with E-state index in [1.54, 1.807) is 4.90 Å². The number of hydrogen-bond acceptors (Lipinski definition) is 1. The van der Waals surface area contributed by atoms with Crippen molar-refractivity contribution < 1.29 is 4.79 Å². The molecule has 3 aromatic carbocycles. The molecule has 0 spiro atoms. The predicted molar refractivity (Wildman–Crippen MR) is 101 cm³/mol. The highest BCUT2D eigenvalue weighted by Gasteiger charge is 2.47. The Morgan fingerprint density at radius 2 is 1.12 bits per heavy atom. The summed E-state index contributed by atoms with van der Waals surface area (Å²) in [6, 6.07) is 30.1. The van der Waals surface area contributed by atoms with E-state index in [0.717, 1.165) is 22.4 Å². The van der Waals surface area contributed by atoms with Crippen molar-refractivity contribution in [1.29, 1.82) is 0 Å². The van der Waals surface area contributed by atoms with Crippen molar-refractivity contribution in [3.05, 3.63) is 114 Å². The summed E-state index contributed by atoms with van der Waals surface area (Å²) in [4.78, 5) is 15.3. The van der Waals surface area contributed by atoms with E-state index in [1.165, 1.54) is 0 Å². The molecule has 1 aliphatic heterocycles. The second-order valence-electron chi connectivity index (χ2n) is 6.30. The van der Waals surface area contributed by atoms with Gasteiger partial charge >= 0.3 is 0 Å². The number of carbonyl (C=O) groups is 1. The molecule has 122 valence electrons. The molecule has 1 aliphatic rings. The molecule has 1 amide bonds. The molecule has 0 bridgehead atoms. The number of hydrogen-bond donors (Lipinski definition) is 0. The molecule has 3 aromatic rings. The van der Waals surface area contributed by atoms with Gasteiger partial charge in [0.2, 0.25) is 5.91 Å². The average molecular weight is 325 g/mol. The Morgan fingerprint density at radius 3 is 1.60 bits per heavy atom. The van der Waals surface area contributed by atoms with Crippen LogP contribution in [0.15, 0.2) is 97.1 Å². The maximum atomic E-state index is 13.5. The quantitative estimate of drug-likeness (QED) is 0.695. The van der Waals surface area contributed by atoms with Crippen LogP contribution in [0, 0.1) is 0 Å². The normalized spacial score (nSPS) is 16.0. The van der Waals surface area contributed by atoms with Gasteiger partial charge in [0.05, 0.1) is 0 Å². The molecule has 0 saturated carbocycles. The Morgan fingerprint density at radius 1 is 0.680 bits per heavy atom. The standard InChI is InChI=1S/C23H19NO/c1-24-21(18-11-5-2-6-12-18)17-23(22(24)25,19-13-7-3-8-14-19)20-15-9-4-10-16-20/h2-17H,1H3. The fourth-order valence-electron chi connectivity index (χ4n) is 3.61. The highest BCUT2D eigenvalue weighted by atomic mass is 16.2. The number of rotatable bonds is 3. The summed E-state index contributed by atoms with van der Waals surface area (Å²) in [7, 11) is 1.86. The number of benzene rings is 3. The van der Waals surface area contributed by atoms with E-state index < -0.39 is 5.41 Å². The Balaban J connectivity index is 1.99. The van der Waals surface area contributed by atoms with Gasteiger partial charge in [-0.05, 0) is 22.8 Å². The third-order valence-electron chi connectivity index (χ3n) is 4.88. The number of carbonyl (C=O) groups excluding carboxylic acids is 1. The van der Waals surface area contributed by atoms with E-state index in [9.17, 15) is 4.79 Å². The van der Waals surface area contributed by atoms with Crippen LogP contribution in [-0.2, 0) is 10.2 Å². The molecular weight excluding hydrogens is 306 g/mol. The Kier molecular flexibility index (Phi) is 3.73. The molecule has 0 aromatic heterocycles. The minimum atomic E-state index is -0.789. The third kappa shape index (κ3) is 2.38. The lowest BCUT2D eigenvalue weighted by Gasteiger charge is -2.28. The maximum absolute atomic E-state index is 13.5. The molecule has 25 heavy (non-hydrogen) atoms. The van der Waals surface area contributed by atoms with Crippen molar-refractivity contribution in [3.8, 4) is 0 Å². The van der Waals surface area contributed by atoms with E-state index in [4.69, 9.17) is 0 Å². The van der Waals surface area contributed by atoms with Crippen LogP contribution >= 0.6 is 0 Å². The maximum Gasteiger partial charge on any atom is 0.245 e. The zero-order chi connectivity index (χ0) is 17.3. The van der Waals surface area contributed by atoms with Gasteiger partial charge in [-0.25, -0.2) is 0 Å². The molecule has 0 aliphatic carbocycles. The third-order valence-corrected chi connectivity index (χ3v) is 4.88. The van der Waals surface area contributed by atoms with Gasteiger partial charge in [0.15, 0.2) is 0 Å². The summed E-state index contributed by atoms with van der Waals surface area (Å²) in [6.07, 6.45) is 2.11. The fourth-order valence-corrected chi connectivity index (χ4v) is 3.61. The average Bonchev–Trinajstić information content (AvgIpc) is 2.96. The van der Waals surface area contributed by atoms with Crippen LogP contribution in [0.25, 0.3) is 5.70 Å². The molecule has 0 N–H and O–H groups in total. The van der Waals surface area contributed by atoms with Gasteiger partial charge in [0.1, 0.15) is 5.41 Å². The highest BCUT2D eigenvalue weighted by molar-refractivity contribution is 6.05. The molecule has 0 atom stereocenters. The van der Waals surface area contributed by atoms with Crippen LogP contribution in [0.4, 0.5) is 0 Å². The Hall–Kier alpha value is -3.13. The first-order valence-electron chi connectivity index (χ1n) is 8.41. The topological polar surface area (TPSA) is 20.3 Å². The largest absolute Gasteiger partial charge is 0.314 e. The van der Waals surface area contributed by atoms with E-state index >= 15 is 0 Å². The van der Waals surface area contributed by atoms with Crippen LogP contribution in [0.1, 0.15) is 16.7 Å². The highest BCUT2D eigenvalue weighted by Crippen LogP contribution is 2.44. The minimum Gasteiger partial charge on any atom is -0.314 e. The van der Waals surface area contributed by atoms with Gasteiger partial charge in [-0.2, -0.15) is 0 Å². The fraction of sp³-hybridized carbons (Fsp3) is 0.0870. The number of nitrogens with zero attached hydrogens (tertiary/aromatic N) is 1. The van der Waals surface area contributed by atoms with Gasteiger partial charge in [-0.15, -0.1) is 0 Å². The summed E-state index contributed by atoms with van der Waals surface area (Å²) < 4.78 is 0. The van der Waals surface area contributed by atoms with Crippen LogP contribution < -0.4 is 0 Å². The summed E-state index contributed by atoms with van der Waals surface area (Å²) in [6.45, 7) is 0.